The van der Waals surface area contributed by atoms with Gasteiger partial charge in [-0.3, -0.25) is 9.59 Å². The Balaban J connectivity index is 1.78. The van der Waals surface area contributed by atoms with Crippen molar-refractivity contribution in [3.8, 4) is 0 Å². The number of hydrogen-bond donors (Lipinski definition) is 0. The van der Waals surface area contributed by atoms with Gasteiger partial charge in [0.05, 0.1) is 11.8 Å². The van der Waals surface area contributed by atoms with Crippen molar-refractivity contribution in [1.29, 1.82) is 0 Å². The number of hydrogen-bond acceptors (Lipinski definition) is 7. The van der Waals surface area contributed by atoms with Gasteiger partial charge in [-0.25, -0.2) is 4.79 Å². The summed E-state index contributed by atoms with van der Waals surface area (Å²) in [7, 11) is 0. The summed E-state index contributed by atoms with van der Waals surface area (Å²) in [5.41, 5.74) is 1.83. The van der Waals surface area contributed by atoms with E-state index in [0.717, 1.165) is 0 Å². The Morgan fingerprint density at radius 1 is 1.00 bits per heavy atom. The standard InChI is InChI=1S/C22H25NO6S/c1-14(2)27-21(26)29-15(3)28-20(25)22(30-4)12-13-23-17(10-11-18(22)23)19(24)16-8-6-5-7-9-16/h5-11,14-15H,12-13H2,1-4H3. The minimum absolute atomic E-state index is 0.0970. The van der Waals surface area contributed by atoms with E-state index in [9.17, 15) is 14.4 Å². The van der Waals surface area contributed by atoms with Crippen LogP contribution in [0.5, 0.6) is 0 Å². The van der Waals surface area contributed by atoms with Crippen molar-refractivity contribution in [2.75, 3.05) is 6.26 Å². The molecule has 160 valence electrons. The van der Waals surface area contributed by atoms with Gasteiger partial charge in [0.1, 0.15) is 0 Å². The Morgan fingerprint density at radius 2 is 1.70 bits per heavy atom. The zero-order valence-electron chi connectivity index (χ0n) is 17.4. The predicted octanol–water partition coefficient (Wildman–Crippen LogP) is 4.13. The first kappa shape index (κ1) is 22.0. The van der Waals surface area contributed by atoms with Gasteiger partial charge in [0, 0.05) is 24.7 Å². The fourth-order valence-corrected chi connectivity index (χ4v) is 4.41. The molecule has 2 unspecified atom stereocenters. The fourth-order valence-electron chi connectivity index (χ4n) is 3.52. The predicted molar refractivity (Wildman–Crippen MR) is 112 cm³/mol. The van der Waals surface area contributed by atoms with Gasteiger partial charge in [0.2, 0.25) is 12.1 Å². The summed E-state index contributed by atoms with van der Waals surface area (Å²) < 4.78 is 16.2. The molecule has 1 aromatic heterocycles. The number of fused-ring (bicyclic) bond motifs is 1. The number of rotatable bonds is 7. The maximum atomic E-state index is 13.1. The SMILES string of the molecule is CSC1(C(=O)OC(C)OC(=O)OC(C)C)CCn2c(C(=O)c3ccccc3)ccc21. The summed E-state index contributed by atoms with van der Waals surface area (Å²) in [6, 6.07) is 12.5. The molecule has 3 rings (SSSR count). The summed E-state index contributed by atoms with van der Waals surface area (Å²) >= 11 is 1.34. The van der Waals surface area contributed by atoms with Crippen molar-refractivity contribution < 1.29 is 28.6 Å². The van der Waals surface area contributed by atoms with E-state index >= 15 is 0 Å². The van der Waals surface area contributed by atoms with Crippen LogP contribution >= 0.6 is 11.8 Å². The Labute approximate surface area is 179 Å². The third kappa shape index (κ3) is 4.23. The van der Waals surface area contributed by atoms with Crippen molar-refractivity contribution >= 4 is 29.7 Å². The molecule has 0 amide bonds. The molecule has 0 fully saturated rings. The van der Waals surface area contributed by atoms with Crippen molar-refractivity contribution in [1.82, 2.24) is 4.57 Å². The van der Waals surface area contributed by atoms with Crippen LogP contribution in [0.4, 0.5) is 4.79 Å². The van der Waals surface area contributed by atoms with Crippen LogP contribution in [-0.2, 0) is 30.3 Å². The molecule has 2 atom stereocenters. The van der Waals surface area contributed by atoms with Crippen LogP contribution < -0.4 is 0 Å². The normalized spacial score (nSPS) is 18.6. The molecule has 0 bridgehead atoms. The first-order valence-electron chi connectivity index (χ1n) is 9.71. The van der Waals surface area contributed by atoms with E-state index < -0.39 is 23.2 Å². The second-order valence-corrected chi connectivity index (χ2v) is 8.34. The number of ether oxygens (including phenoxy) is 3. The Morgan fingerprint density at radius 3 is 2.33 bits per heavy atom. The highest BCUT2D eigenvalue weighted by atomic mass is 32.2. The number of ketones is 1. The minimum Gasteiger partial charge on any atom is -0.431 e. The second kappa shape index (κ2) is 8.95. The van der Waals surface area contributed by atoms with Crippen LogP contribution in [0.25, 0.3) is 0 Å². The van der Waals surface area contributed by atoms with Crippen LogP contribution in [0.1, 0.15) is 48.9 Å². The first-order valence-corrected chi connectivity index (χ1v) is 10.9. The molecule has 0 saturated heterocycles. The third-order valence-electron chi connectivity index (χ3n) is 4.90. The lowest BCUT2D eigenvalue weighted by Crippen LogP contribution is -2.35. The summed E-state index contributed by atoms with van der Waals surface area (Å²) in [5, 5.41) is 0. The Hall–Kier alpha value is -2.74. The van der Waals surface area contributed by atoms with Crippen LogP contribution in [0.2, 0.25) is 0 Å². The smallest absolute Gasteiger partial charge is 0.431 e. The van der Waals surface area contributed by atoms with Gasteiger partial charge >= 0.3 is 12.1 Å². The topological polar surface area (TPSA) is 83.8 Å². The van der Waals surface area contributed by atoms with Gasteiger partial charge < -0.3 is 18.8 Å². The highest BCUT2D eigenvalue weighted by molar-refractivity contribution is 8.00. The van der Waals surface area contributed by atoms with Gasteiger partial charge in [-0.1, -0.05) is 30.3 Å². The highest BCUT2D eigenvalue weighted by Gasteiger charge is 2.48. The molecule has 2 aromatic rings. The molecule has 0 saturated carbocycles. The van der Waals surface area contributed by atoms with Gasteiger partial charge in [0.25, 0.3) is 0 Å². The van der Waals surface area contributed by atoms with E-state index in [0.29, 0.717) is 29.9 Å². The van der Waals surface area contributed by atoms with E-state index in [1.165, 1.54) is 18.7 Å². The molecule has 1 aliphatic heterocycles. The molecule has 1 aromatic carbocycles. The molecule has 0 radical (unpaired) electrons. The molecular formula is C22H25NO6S. The number of aromatic nitrogens is 1. The van der Waals surface area contributed by atoms with Gasteiger partial charge in [-0.2, -0.15) is 0 Å². The average Bonchev–Trinajstić information content (AvgIpc) is 3.28. The molecule has 2 heterocycles. The number of thioether (sulfide) groups is 1. The van der Waals surface area contributed by atoms with Crippen molar-refractivity contribution in [2.24, 2.45) is 0 Å². The lowest BCUT2D eigenvalue weighted by molar-refractivity contribution is -0.171. The Bertz CT molecular complexity index is 938. The third-order valence-corrected chi connectivity index (χ3v) is 6.17. The molecule has 0 N–H and O–H groups in total. The van der Waals surface area contributed by atoms with Crippen molar-refractivity contribution in [3.63, 3.8) is 0 Å². The second-order valence-electron chi connectivity index (χ2n) is 7.24. The monoisotopic (exact) mass is 431 g/mol. The summed E-state index contributed by atoms with van der Waals surface area (Å²) in [5.74, 6) is -0.615. The quantitative estimate of drug-likeness (QED) is 0.370. The zero-order chi connectivity index (χ0) is 21.9. The van der Waals surface area contributed by atoms with Crippen molar-refractivity contribution in [3.05, 3.63) is 59.4 Å². The van der Waals surface area contributed by atoms with E-state index in [-0.39, 0.29) is 11.9 Å². The van der Waals surface area contributed by atoms with Gasteiger partial charge in [-0.05, 0) is 38.7 Å². The van der Waals surface area contributed by atoms with E-state index in [1.54, 1.807) is 38.1 Å². The van der Waals surface area contributed by atoms with E-state index in [2.05, 4.69) is 0 Å². The maximum absolute atomic E-state index is 13.1. The zero-order valence-corrected chi connectivity index (χ0v) is 18.2. The van der Waals surface area contributed by atoms with Crippen LogP contribution in [-0.4, -0.2) is 41.1 Å². The average molecular weight is 432 g/mol. The van der Waals surface area contributed by atoms with Crippen LogP contribution in [0, 0.1) is 0 Å². The largest absolute Gasteiger partial charge is 0.511 e. The fraction of sp³-hybridized carbons (Fsp3) is 0.409. The number of esters is 1. The van der Waals surface area contributed by atoms with Gasteiger partial charge in [0.15, 0.2) is 4.75 Å². The number of benzene rings is 1. The van der Waals surface area contributed by atoms with Crippen LogP contribution in [0.15, 0.2) is 42.5 Å². The summed E-state index contributed by atoms with van der Waals surface area (Å²) in [4.78, 5) is 37.6. The van der Waals surface area contributed by atoms with Crippen LogP contribution in [0.3, 0.4) is 0 Å². The molecule has 8 heteroatoms. The van der Waals surface area contributed by atoms with E-state index in [1.807, 2.05) is 29.0 Å². The van der Waals surface area contributed by atoms with E-state index in [4.69, 9.17) is 14.2 Å². The first-order chi connectivity index (χ1) is 14.3. The highest BCUT2D eigenvalue weighted by Crippen LogP contribution is 2.46. The van der Waals surface area contributed by atoms with Crippen molar-refractivity contribution in [2.45, 2.75) is 50.9 Å². The molecule has 1 aliphatic rings. The molecular weight excluding hydrogens is 406 g/mol. The molecule has 0 spiro atoms. The molecule has 7 nitrogen and oxygen atoms in total. The Kier molecular flexibility index (Phi) is 6.55. The number of carbonyl (C=O) groups excluding carboxylic acids is 3. The number of nitrogens with zero attached hydrogens (tertiary/aromatic N) is 1. The molecule has 30 heavy (non-hydrogen) atoms. The summed E-state index contributed by atoms with van der Waals surface area (Å²) in [6.45, 7) is 5.37. The molecule has 0 aliphatic carbocycles. The lowest BCUT2D eigenvalue weighted by atomic mass is 10.0. The maximum Gasteiger partial charge on any atom is 0.511 e. The van der Waals surface area contributed by atoms with Gasteiger partial charge in [-0.15, -0.1) is 11.8 Å². The summed E-state index contributed by atoms with van der Waals surface area (Å²) in [6.07, 6.45) is -0.0318. The lowest BCUT2D eigenvalue weighted by Gasteiger charge is -2.26. The minimum atomic E-state index is -1.10. The number of carbonyl (C=O) groups is 3.